The Balaban J connectivity index is 1.27. The number of nitrogens with zero attached hydrogens (tertiary/aromatic N) is 3. The Bertz CT molecular complexity index is 1240. The van der Waals surface area contributed by atoms with Crippen molar-refractivity contribution in [2.45, 2.75) is 38.8 Å². The number of rotatable bonds is 7. The average Bonchev–Trinajstić information content (AvgIpc) is 3.32. The Morgan fingerprint density at radius 3 is 2.44 bits per heavy atom. The lowest BCUT2D eigenvalue weighted by Crippen LogP contribution is -2.38. The molecule has 1 aliphatic rings. The summed E-state index contributed by atoms with van der Waals surface area (Å²) in [5.41, 5.74) is 6.07. The first-order chi connectivity index (χ1) is 16.6. The van der Waals surface area contributed by atoms with Crippen LogP contribution < -0.4 is 10.1 Å². The lowest BCUT2D eigenvalue weighted by atomic mass is 10.0. The number of likely N-dealkylation sites (tertiary alicyclic amines) is 1. The largest absolute Gasteiger partial charge is 0.497 e. The summed E-state index contributed by atoms with van der Waals surface area (Å²) in [6.07, 6.45) is 4.82. The fraction of sp³-hybridized carbons (Fsp3) is 0.333. The van der Waals surface area contributed by atoms with Crippen molar-refractivity contribution in [2.24, 2.45) is 0 Å². The SMILES string of the molecule is CCc1ccc(-c2nc3c(NC4CCN(Cc5ccc(OC)cc5)CC4)c(Cl)cnc3[nH]2)cc1. The van der Waals surface area contributed by atoms with Crippen LogP contribution in [0.3, 0.4) is 0 Å². The van der Waals surface area contributed by atoms with Crippen LogP contribution in [-0.2, 0) is 13.0 Å². The topological polar surface area (TPSA) is 66.1 Å². The summed E-state index contributed by atoms with van der Waals surface area (Å²) in [6, 6.07) is 17.2. The van der Waals surface area contributed by atoms with Gasteiger partial charge >= 0.3 is 0 Å². The zero-order valence-corrected chi connectivity index (χ0v) is 20.4. The summed E-state index contributed by atoms with van der Waals surface area (Å²) in [4.78, 5) is 15.2. The van der Waals surface area contributed by atoms with E-state index in [1.807, 2.05) is 12.1 Å². The molecule has 0 saturated carbocycles. The van der Waals surface area contributed by atoms with Gasteiger partial charge in [-0.1, -0.05) is 54.9 Å². The number of aromatic nitrogens is 3. The van der Waals surface area contributed by atoms with E-state index in [0.29, 0.717) is 11.1 Å². The van der Waals surface area contributed by atoms with Crippen molar-refractivity contribution in [1.82, 2.24) is 19.9 Å². The summed E-state index contributed by atoms with van der Waals surface area (Å²) in [7, 11) is 1.70. The van der Waals surface area contributed by atoms with Gasteiger partial charge in [-0.15, -0.1) is 0 Å². The number of halogens is 1. The van der Waals surface area contributed by atoms with Crippen LogP contribution in [0.25, 0.3) is 22.6 Å². The van der Waals surface area contributed by atoms with Gasteiger partial charge in [-0.25, -0.2) is 9.97 Å². The standard InChI is InChI=1S/C27H30ClN5O/c1-3-18-4-8-20(9-5-18)26-31-25-24(23(28)16-29-27(25)32-26)30-21-12-14-33(15-13-21)17-19-6-10-22(34-2)11-7-19/h4-11,16,21H,3,12-15,17H2,1-2H3,(H2,29,30,31,32). The highest BCUT2D eigenvalue weighted by Crippen LogP contribution is 2.32. The van der Waals surface area contributed by atoms with Crippen molar-refractivity contribution in [1.29, 1.82) is 0 Å². The van der Waals surface area contributed by atoms with Crippen LogP contribution in [0.1, 0.15) is 30.9 Å². The van der Waals surface area contributed by atoms with E-state index in [4.69, 9.17) is 21.3 Å². The minimum atomic E-state index is 0.346. The number of hydrogen-bond donors (Lipinski definition) is 2. The molecule has 3 heterocycles. The molecule has 4 aromatic rings. The highest BCUT2D eigenvalue weighted by Gasteiger charge is 2.22. The molecule has 5 rings (SSSR count). The minimum absolute atomic E-state index is 0.346. The number of pyridine rings is 1. The molecular weight excluding hydrogens is 446 g/mol. The lowest BCUT2D eigenvalue weighted by molar-refractivity contribution is 0.211. The smallest absolute Gasteiger partial charge is 0.159 e. The predicted octanol–water partition coefficient (Wildman–Crippen LogP) is 5.93. The molecule has 6 nitrogen and oxygen atoms in total. The van der Waals surface area contributed by atoms with Crippen LogP contribution in [-0.4, -0.2) is 46.1 Å². The molecule has 0 aliphatic carbocycles. The maximum Gasteiger partial charge on any atom is 0.159 e. The number of piperidine rings is 1. The van der Waals surface area contributed by atoms with E-state index in [1.54, 1.807) is 13.3 Å². The maximum absolute atomic E-state index is 6.58. The Hall–Kier alpha value is -3.09. The first kappa shape index (κ1) is 22.7. The zero-order chi connectivity index (χ0) is 23.5. The van der Waals surface area contributed by atoms with Crippen LogP contribution in [0.15, 0.2) is 54.7 Å². The molecule has 0 radical (unpaired) electrons. The van der Waals surface area contributed by atoms with Gasteiger partial charge in [0.2, 0.25) is 0 Å². The van der Waals surface area contributed by atoms with Crippen LogP contribution in [0, 0.1) is 0 Å². The fourth-order valence-electron chi connectivity index (χ4n) is 4.53. The average molecular weight is 476 g/mol. The number of nitrogens with one attached hydrogen (secondary N) is 2. The number of aryl methyl sites for hydroxylation is 1. The maximum atomic E-state index is 6.58. The van der Waals surface area contributed by atoms with E-state index in [-0.39, 0.29) is 0 Å². The van der Waals surface area contributed by atoms with Crippen molar-refractivity contribution < 1.29 is 4.74 Å². The van der Waals surface area contributed by atoms with Gasteiger partial charge in [0, 0.05) is 31.2 Å². The molecule has 34 heavy (non-hydrogen) atoms. The van der Waals surface area contributed by atoms with E-state index in [2.05, 4.69) is 63.5 Å². The van der Waals surface area contributed by atoms with Crippen LogP contribution in [0.2, 0.25) is 5.02 Å². The molecule has 2 N–H and O–H groups in total. The molecule has 2 aromatic heterocycles. The summed E-state index contributed by atoms with van der Waals surface area (Å²) in [5.74, 6) is 1.71. The minimum Gasteiger partial charge on any atom is -0.497 e. The number of ether oxygens (including phenoxy) is 1. The van der Waals surface area contributed by atoms with Gasteiger partial charge in [0.05, 0.1) is 24.0 Å². The molecule has 0 amide bonds. The number of H-pyrrole nitrogens is 1. The number of benzene rings is 2. The van der Waals surface area contributed by atoms with E-state index in [0.717, 1.165) is 72.9 Å². The number of hydrogen-bond acceptors (Lipinski definition) is 5. The van der Waals surface area contributed by atoms with Gasteiger partial charge in [0.1, 0.15) is 17.1 Å². The third kappa shape index (κ3) is 4.88. The van der Waals surface area contributed by atoms with Crippen molar-refractivity contribution in [2.75, 3.05) is 25.5 Å². The second-order valence-electron chi connectivity index (χ2n) is 8.86. The van der Waals surface area contributed by atoms with Gasteiger partial charge in [-0.2, -0.15) is 0 Å². The van der Waals surface area contributed by atoms with Gasteiger partial charge in [0.15, 0.2) is 5.65 Å². The number of anilines is 1. The molecule has 0 unspecified atom stereocenters. The third-order valence-electron chi connectivity index (χ3n) is 6.60. The fourth-order valence-corrected chi connectivity index (χ4v) is 4.72. The molecular formula is C27H30ClN5O. The van der Waals surface area contributed by atoms with E-state index in [1.165, 1.54) is 11.1 Å². The van der Waals surface area contributed by atoms with Gasteiger partial charge in [-0.3, -0.25) is 4.90 Å². The third-order valence-corrected chi connectivity index (χ3v) is 6.89. The molecule has 1 fully saturated rings. The molecule has 176 valence electrons. The Morgan fingerprint density at radius 1 is 1.06 bits per heavy atom. The molecule has 7 heteroatoms. The highest BCUT2D eigenvalue weighted by molar-refractivity contribution is 6.34. The predicted molar refractivity (Wildman–Crippen MR) is 139 cm³/mol. The van der Waals surface area contributed by atoms with Gasteiger partial charge in [-0.05, 0) is 42.5 Å². The van der Waals surface area contributed by atoms with E-state index >= 15 is 0 Å². The second-order valence-corrected chi connectivity index (χ2v) is 9.26. The Labute approximate surface area is 205 Å². The Morgan fingerprint density at radius 2 is 1.76 bits per heavy atom. The lowest BCUT2D eigenvalue weighted by Gasteiger charge is -2.33. The Kier molecular flexibility index (Phi) is 6.70. The number of aromatic amines is 1. The van der Waals surface area contributed by atoms with Crippen LogP contribution >= 0.6 is 11.6 Å². The first-order valence-corrected chi connectivity index (χ1v) is 12.3. The summed E-state index contributed by atoms with van der Waals surface area (Å²) in [6.45, 7) is 5.18. The van der Waals surface area contributed by atoms with Crippen LogP contribution in [0.5, 0.6) is 5.75 Å². The quantitative estimate of drug-likeness (QED) is 0.347. The normalized spacial score (nSPS) is 15.0. The molecule has 1 aliphatic heterocycles. The summed E-state index contributed by atoms with van der Waals surface area (Å²) in [5, 5.41) is 4.28. The highest BCUT2D eigenvalue weighted by atomic mass is 35.5. The van der Waals surface area contributed by atoms with Gasteiger partial charge in [0.25, 0.3) is 0 Å². The number of fused-ring (bicyclic) bond motifs is 1. The molecule has 1 saturated heterocycles. The van der Waals surface area contributed by atoms with Crippen LogP contribution in [0.4, 0.5) is 5.69 Å². The van der Waals surface area contributed by atoms with Crippen molar-refractivity contribution in [3.63, 3.8) is 0 Å². The number of methoxy groups -OCH3 is 1. The second kappa shape index (κ2) is 10.0. The van der Waals surface area contributed by atoms with Crippen molar-refractivity contribution in [3.05, 3.63) is 70.9 Å². The first-order valence-electron chi connectivity index (χ1n) is 11.9. The monoisotopic (exact) mass is 475 g/mol. The molecule has 0 atom stereocenters. The van der Waals surface area contributed by atoms with E-state index in [9.17, 15) is 0 Å². The molecule has 2 aromatic carbocycles. The number of imidazole rings is 1. The van der Waals surface area contributed by atoms with E-state index < -0.39 is 0 Å². The molecule has 0 bridgehead atoms. The summed E-state index contributed by atoms with van der Waals surface area (Å²) < 4.78 is 5.26. The molecule has 0 spiro atoms. The zero-order valence-electron chi connectivity index (χ0n) is 19.6. The van der Waals surface area contributed by atoms with Crippen molar-refractivity contribution >= 4 is 28.5 Å². The summed E-state index contributed by atoms with van der Waals surface area (Å²) >= 11 is 6.58. The van der Waals surface area contributed by atoms with Gasteiger partial charge < -0.3 is 15.0 Å². The van der Waals surface area contributed by atoms with Crippen molar-refractivity contribution in [3.8, 4) is 17.1 Å².